The fraction of sp³-hybridized carbons (Fsp3) is 0.409. The number of nitrogens with one attached hydrogen (secondary N) is 1. The normalized spacial score (nSPS) is 16.0. The summed E-state index contributed by atoms with van der Waals surface area (Å²) in [6.07, 6.45) is 0.0344. The molecule has 2 aromatic rings. The molecule has 5 heteroatoms. The number of ether oxygens (including phenoxy) is 3. The Balaban J connectivity index is 1.52. The number of carbonyl (C=O) groups excluding carboxylic acids is 1. The lowest BCUT2D eigenvalue weighted by Gasteiger charge is -2.27. The van der Waals surface area contributed by atoms with Gasteiger partial charge in [0, 0.05) is 0 Å². The van der Waals surface area contributed by atoms with E-state index in [9.17, 15) is 4.79 Å². The number of benzene rings is 2. The Kier molecular flexibility index (Phi) is 7.84. The summed E-state index contributed by atoms with van der Waals surface area (Å²) in [5, 5.41) is 0. The van der Waals surface area contributed by atoms with Crippen molar-refractivity contribution in [1.82, 2.24) is 0 Å². The summed E-state index contributed by atoms with van der Waals surface area (Å²) in [7, 11) is 0. The monoisotopic (exact) mass is 370 g/mol. The van der Waals surface area contributed by atoms with Crippen LogP contribution in [-0.2, 0) is 32.0 Å². The summed E-state index contributed by atoms with van der Waals surface area (Å²) in [6.45, 7) is 5.05. The first-order chi connectivity index (χ1) is 13.3. The molecule has 1 aliphatic rings. The minimum Gasteiger partial charge on any atom is -0.454 e. The van der Waals surface area contributed by atoms with Gasteiger partial charge in [-0.1, -0.05) is 60.7 Å². The van der Waals surface area contributed by atoms with Gasteiger partial charge in [-0.2, -0.15) is 0 Å². The highest BCUT2D eigenvalue weighted by Crippen LogP contribution is 2.05. The molecule has 0 spiro atoms. The topological polar surface area (TPSA) is 49.2 Å². The Morgan fingerprint density at radius 1 is 0.963 bits per heavy atom. The van der Waals surface area contributed by atoms with Crippen LogP contribution in [0.4, 0.5) is 0 Å². The van der Waals surface area contributed by atoms with Crippen molar-refractivity contribution in [2.75, 3.05) is 39.5 Å². The van der Waals surface area contributed by atoms with Gasteiger partial charge in [-0.05, 0) is 11.1 Å². The van der Waals surface area contributed by atoms with Gasteiger partial charge < -0.3 is 19.1 Å². The first kappa shape index (κ1) is 19.5. The quantitative estimate of drug-likeness (QED) is 0.676. The molecule has 5 nitrogen and oxygen atoms in total. The molecular weight excluding hydrogens is 342 g/mol. The molecule has 2 aromatic carbocycles. The van der Waals surface area contributed by atoms with Crippen molar-refractivity contribution in [1.29, 1.82) is 0 Å². The van der Waals surface area contributed by atoms with Gasteiger partial charge in [0.05, 0.1) is 32.8 Å². The van der Waals surface area contributed by atoms with Crippen LogP contribution >= 0.6 is 0 Å². The second kappa shape index (κ2) is 10.8. The highest BCUT2D eigenvalue weighted by molar-refractivity contribution is 5.72. The van der Waals surface area contributed by atoms with E-state index >= 15 is 0 Å². The molecule has 27 heavy (non-hydrogen) atoms. The largest absolute Gasteiger partial charge is 0.454 e. The van der Waals surface area contributed by atoms with Crippen molar-refractivity contribution in [2.45, 2.75) is 19.1 Å². The Labute approximate surface area is 160 Å². The molecular formula is C22H28NO4+. The highest BCUT2D eigenvalue weighted by atomic mass is 16.6. The van der Waals surface area contributed by atoms with E-state index in [1.54, 1.807) is 0 Å². The average molecular weight is 370 g/mol. The number of hydrogen-bond acceptors (Lipinski definition) is 4. The zero-order chi connectivity index (χ0) is 18.7. The summed E-state index contributed by atoms with van der Waals surface area (Å²) in [6, 6.07) is 19.7. The smallest absolute Gasteiger partial charge is 0.310 e. The van der Waals surface area contributed by atoms with Gasteiger partial charge in [0.1, 0.15) is 19.6 Å². The second-order valence-electron chi connectivity index (χ2n) is 6.84. The lowest BCUT2D eigenvalue weighted by molar-refractivity contribution is -0.910. The van der Waals surface area contributed by atoms with Gasteiger partial charge in [-0.3, -0.25) is 4.79 Å². The van der Waals surface area contributed by atoms with Crippen LogP contribution in [0.5, 0.6) is 0 Å². The van der Waals surface area contributed by atoms with Crippen LogP contribution in [0.2, 0.25) is 0 Å². The summed E-state index contributed by atoms with van der Waals surface area (Å²) in [4.78, 5) is 13.8. The van der Waals surface area contributed by atoms with Crippen LogP contribution in [0.1, 0.15) is 11.1 Å². The predicted octanol–water partition coefficient (Wildman–Crippen LogP) is 1.27. The van der Waals surface area contributed by atoms with Crippen LogP contribution in [0.15, 0.2) is 60.7 Å². The molecule has 0 aromatic heterocycles. The minimum atomic E-state index is -0.252. The van der Waals surface area contributed by atoms with Gasteiger partial charge in [-0.25, -0.2) is 0 Å². The van der Waals surface area contributed by atoms with Crippen LogP contribution in [0.3, 0.4) is 0 Å². The molecule has 0 unspecified atom stereocenters. The van der Waals surface area contributed by atoms with E-state index in [0.29, 0.717) is 13.2 Å². The van der Waals surface area contributed by atoms with E-state index in [2.05, 4.69) is 0 Å². The van der Waals surface area contributed by atoms with Gasteiger partial charge in [0.2, 0.25) is 0 Å². The second-order valence-corrected chi connectivity index (χ2v) is 6.84. The predicted molar refractivity (Wildman–Crippen MR) is 103 cm³/mol. The number of esters is 1. The number of morpholine rings is 1. The number of quaternary nitrogens is 1. The van der Waals surface area contributed by atoms with E-state index in [4.69, 9.17) is 14.2 Å². The van der Waals surface area contributed by atoms with Crippen molar-refractivity contribution in [3.05, 3.63) is 71.8 Å². The number of hydrogen-bond donors (Lipinski definition) is 1. The molecule has 0 radical (unpaired) electrons. The lowest BCUT2D eigenvalue weighted by Crippen LogP contribution is -3.15. The van der Waals surface area contributed by atoms with Gasteiger partial charge in [0.15, 0.2) is 6.10 Å². The zero-order valence-electron chi connectivity index (χ0n) is 15.6. The molecule has 0 aliphatic carbocycles. The van der Waals surface area contributed by atoms with Crippen LogP contribution in [-0.4, -0.2) is 51.5 Å². The summed E-state index contributed by atoms with van der Waals surface area (Å²) in [5.41, 5.74) is 2.08. The zero-order valence-corrected chi connectivity index (χ0v) is 15.6. The standard InChI is InChI=1S/C22H27NO4/c24-22(15-19-7-3-1-4-8-19)27-21(16-23-11-13-25-14-12-23)18-26-17-20-9-5-2-6-10-20/h1-10,21H,11-18H2/p+1/t21-/m1/s1. The molecule has 1 saturated heterocycles. The maximum atomic E-state index is 12.4. The molecule has 1 atom stereocenters. The van der Waals surface area contributed by atoms with Crippen molar-refractivity contribution in [2.24, 2.45) is 0 Å². The van der Waals surface area contributed by atoms with Gasteiger partial charge in [0.25, 0.3) is 0 Å². The molecule has 1 aliphatic heterocycles. The SMILES string of the molecule is O=C(Cc1ccccc1)O[C@@H](COCc1ccccc1)C[NH+]1CCOCC1. The number of carbonyl (C=O) groups is 1. The van der Waals surface area contributed by atoms with Crippen LogP contribution < -0.4 is 4.90 Å². The van der Waals surface area contributed by atoms with Gasteiger partial charge >= 0.3 is 5.97 Å². The summed E-state index contributed by atoms with van der Waals surface area (Å²) >= 11 is 0. The maximum Gasteiger partial charge on any atom is 0.310 e. The third-order valence-electron chi connectivity index (χ3n) is 4.62. The lowest BCUT2D eigenvalue weighted by atomic mass is 10.1. The first-order valence-electron chi connectivity index (χ1n) is 9.56. The fourth-order valence-corrected chi connectivity index (χ4v) is 3.19. The average Bonchev–Trinajstić information content (AvgIpc) is 2.70. The summed E-state index contributed by atoms with van der Waals surface area (Å²) < 4.78 is 17.0. The highest BCUT2D eigenvalue weighted by Gasteiger charge is 2.23. The van der Waals surface area contributed by atoms with Crippen molar-refractivity contribution < 1.29 is 23.9 Å². The Morgan fingerprint density at radius 3 is 2.26 bits per heavy atom. The molecule has 0 amide bonds. The van der Waals surface area contributed by atoms with Crippen molar-refractivity contribution in [3.63, 3.8) is 0 Å². The van der Waals surface area contributed by atoms with E-state index in [-0.39, 0.29) is 18.5 Å². The molecule has 1 fully saturated rings. The number of rotatable bonds is 9. The molecule has 0 bridgehead atoms. The minimum absolute atomic E-state index is 0.206. The molecule has 3 rings (SSSR count). The van der Waals surface area contributed by atoms with Crippen molar-refractivity contribution in [3.8, 4) is 0 Å². The Morgan fingerprint density at radius 2 is 1.59 bits per heavy atom. The van der Waals surface area contributed by atoms with Gasteiger partial charge in [-0.15, -0.1) is 0 Å². The molecule has 1 N–H and O–H groups in total. The summed E-state index contributed by atoms with van der Waals surface area (Å²) in [5.74, 6) is -0.206. The van der Waals surface area contributed by atoms with E-state index in [1.807, 2.05) is 60.7 Å². The van der Waals surface area contributed by atoms with E-state index in [1.165, 1.54) is 4.90 Å². The first-order valence-corrected chi connectivity index (χ1v) is 9.56. The molecule has 0 saturated carbocycles. The Hall–Kier alpha value is -2.21. The molecule has 144 valence electrons. The van der Waals surface area contributed by atoms with Crippen molar-refractivity contribution >= 4 is 5.97 Å². The molecule has 1 heterocycles. The van der Waals surface area contributed by atoms with E-state index in [0.717, 1.165) is 44.0 Å². The van der Waals surface area contributed by atoms with Crippen LogP contribution in [0, 0.1) is 0 Å². The maximum absolute atomic E-state index is 12.4. The third kappa shape index (κ3) is 7.13. The van der Waals surface area contributed by atoms with E-state index < -0.39 is 0 Å². The third-order valence-corrected chi connectivity index (χ3v) is 4.62. The Bertz CT molecular complexity index is 671. The fourth-order valence-electron chi connectivity index (χ4n) is 3.19. The van der Waals surface area contributed by atoms with Crippen LogP contribution in [0.25, 0.3) is 0 Å².